The van der Waals surface area contributed by atoms with Gasteiger partial charge >= 0.3 is 6.09 Å². The zero-order chi connectivity index (χ0) is 14.7. The van der Waals surface area contributed by atoms with Crippen molar-refractivity contribution in [2.75, 3.05) is 19.7 Å². The third kappa shape index (κ3) is 2.88. The molecule has 1 atom stereocenters. The maximum atomic E-state index is 11.8. The van der Waals surface area contributed by atoms with Crippen LogP contribution in [0.15, 0.2) is 16.9 Å². The Kier molecular flexibility index (Phi) is 3.85. The number of rotatable bonds is 3. The summed E-state index contributed by atoms with van der Waals surface area (Å²) in [4.78, 5) is 24.9. The Bertz CT molecular complexity index is 595. The molecule has 112 valence electrons. The van der Waals surface area contributed by atoms with E-state index < -0.39 is 0 Å². The number of H-pyrrole nitrogens is 1. The Labute approximate surface area is 121 Å². The lowest BCUT2D eigenvalue weighted by Crippen LogP contribution is -2.39. The number of piperidine rings is 1. The fourth-order valence-electron chi connectivity index (χ4n) is 2.44. The fourth-order valence-corrected chi connectivity index (χ4v) is 2.44. The number of hydrogen-bond acceptors (Lipinski definition) is 6. The van der Waals surface area contributed by atoms with E-state index in [2.05, 4.69) is 20.1 Å². The minimum Gasteiger partial charge on any atom is -0.450 e. The molecular weight excluding hydrogens is 274 g/mol. The maximum Gasteiger partial charge on any atom is 0.409 e. The lowest BCUT2D eigenvalue weighted by molar-refractivity contribution is 0.0930. The quantitative estimate of drug-likeness (QED) is 0.926. The number of amides is 1. The number of nitrogens with zero attached hydrogens (tertiary/aromatic N) is 4. The molecular formula is C13H17N5O3. The molecule has 1 fully saturated rings. The third-order valence-electron chi connectivity index (χ3n) is 3.45. The van der Waals surface area contributed by atoms with E-state index in [9.17, 15) is 4.79 Å². The molecule has 3 rings (SSSR count). The van der Waals surface area contributed by atoms with Gasteiger partial charge in [0.25, 0.3) is 0 Å². The average molecular weight is 291 g/mol. The molecule has 8 nitrogen and oxygen atoms in total. The molecule has 1 saturated heterocycles. The molecule has 1 amide bonds. The normalized spacial score (nSPS) is 18.7. The molecule has 2 aromatic heterocycles. The fraction of sp³-hybridized carbons (Fsp3) is 0.538. The van der Waals surface area contributed by atoms with E-state index >= 15 is 0 Å². The predicted molar refractivity (Wildman–Crippen MR) is 72.4 cm³/mol. The van der Waals surface area contributed by atoms with Gasteiger partial charge in [-0.3, -0.25) is 0 Å². The van der Waals surface area contributed by atoms with Crippen LogP contribution in [0.4, 0.5) is 4.79 Å². The van der Waals surface area contributed by atoms with E-state index in [0.29, 0.717) is 37.2 Å². The second kappa shape index (κ2) is 5.94. The summed E-state index contributed by atoms with van der Waals surface area (Å²) in [5.41, 5.74) is 0. The van der Waals surface area contributed by atoms with E-state index in [1.807, 2.05) is 0 Å². The molecule has 0 radical (unpaired) electrons. The number of hydrogen-bond donors (Lipinski definition) is 1. The van der Waals surface area contributed by atoms with Crippen molar-refractivity contribution in [2.45, 2.75) is 25.7 Å². The molecule has 3 heterocycles. The molecule has 1 aliphatic heterocycles. The highest BCUT2D eigenvalue weighted by Crippen LogP contribution is 2.27. The van der Waals surface area contributed by atoms with Gasteiger partial charge in [0.1, 0.15) is 0 Å². The van der Waals surface area contributed by atoms with Crippen LogP contribution in [-0.4, -0.2) is 50.8 Å². The highest BCUT2D eigenvalue weighted by atomic mass is 16.6. The lowest BCUT2D eigenvalue weighted by Gasteiger charge is -2.29. The van der Waals surface area contributed by atoms with Gasteiger partial charge in [0, 0.05) is 25.5 Å². The predicted octanol–water partition coefficient (Wildman–Crippen LogP) is 1.80. The molecule has 1 unspecified atom stereocenters. The summed E-state index contributed by atoms with van der Waals surface area (Å²) in [6.07, 6.45) is 4.86. The van der Waals surface area contributed by atoms with Gasteiger partial charge in [-0.1, -0.05) is 5.16 Å². The molecule has 21 heavy (non-hydrogen) atoms. The lowest BCUT2D eigenvalue weighted by atomic mass is 9.98. The minimum atomic E-state index is -0.284. The van der Waals surface area contributed by atoms with Crippen molar-refractivity contribution in [3.63, 3.8) is 0 Å². The summed E-state index contributed by atoms with van der Waals surface area (Å²) in [5.74, 6) is 1.58. The summed E-state index contributed by atoms with van der Waals surface area (Å²) >= 11 is 0. The zero-order valence-electron chi connectivity index (χ0n) is 11.8. The first-order chi connectivity index (χ1) is 10.3. The van der Waals surface area contributed by atoms with Gasteiger partial charge in [-0.2, -0.15) is 4.98 Å². The van der Waals surface area contributed by atoms with Crippen LogP contribution in [0.1, 0.15) is 31.6 Å². The number of likely N-dealkylation sites (tertiary alicyclic amines) is 1. The first kappa shape index (κ1) is 13.6. The Morgan fingerprint density at radius 2 is 2.52 bits per heavy atom. The van der Waals surface area contributed by atoms with Crippen molar-refractivity contribution in [2.24, 2.45) is 0 Å². The minimum absolute atomic E-state index is 0.0411. The van der Waals surface area contributed by atoms with Crippen molar-refractivity contribution >= 4 is 6.09 Å². The number of aromatic nitrogens is 4. The van der Waals surface area contributed by atoms with Crippen LogP contribution in [0.3, 0.4) is 0 Å². The second-order valence-electron chi connectivity index (χ2n) is 4.88. The first-order valence-electron chi connectivity index (χ1n) is 7.03. The summed E-state index contributed by atoms with van der Waals surface area (Å²) in [7, 11) is 0. The van der Waals surface area contributed by atoms with Crippen molar-refractivity contribution in [1.82, 2.24) is 25.0 Å². The third-order valence-corrected chi connectivity index (χ3v) is 3.45. The van der Waals surface area contributed by atoms with E-state index in [1.165, 1.54) is 0 Å². The topological polar surface area (TPSA) is 97.1 Å². The average Bonchev–Trinajstić information content (AvgIpc) is 3.18. The Morgan fingerprint density at radius 1 is 1.62 bits per heavy atom. The van der Waals surface area contributed by atoms with E-state index in [0.717, 1.165) is 12.8 Å². The summed E-state index contributed by atoms with van der Waals surface area (Å²) < 4.78 is 10.4. The summed E-state index contributed by atoms with van der Waals surface area (Å²) in [5, 5.41) is 3.93. The summed E-state index contributed by atoms with van der Waals surface area (Å²) in [6, 6.07) is 0. The van der Waals surface area contributed by atoms with Gasteiger partial charge in [0.2, 0.25) is 11.7 Å². The molecule has 2 aromatic rings. The molecule has 0 aromatic carbocycles. The molecule has 0 spiro atoms. The molecule has 0 saturated carbocycles. The van der Waals surface area contributed by atoms with E-state index in [-0.39, 0.29) is 12.0 Å². The molecule has 0 aliphatic carbocycles. The van der Waals surface area contributed by atoms with Crippen LogP contribution >= 0.6 is 0 Å². The number of carbonyl (C=O) groups is 1. The number of carbonyl (C=O) groups excluding carboxylic acids is 1. The smallest absolute Gasteiger partial charge is 0.409 e. The van der Waals surface area contributed by atoms with Crippen molar-refractivity contribution in [3.8, 4) is 11.6 Å². The number of imidazole rings is 1. The van der Waals surface area contributed by atoms with Gasteiger partial charge < -0.3 is 19.1 Å². The second-order valence-corrected chi connectivity index (χ2v) is 4.88. The zero-order valence-corrected chi connectivity index (χ0v) is 11.8. The highest BCUT2D eigenvalue weighted by Gasteiger charge is 2.29. The molecule has 1 aliphatic rings. The number of nitrogens with one attached hydrogen (secondary N) is 1. The largest absolute Gasteiger partial charge is 0.450 e. The van der Waals surface area contributed by atoms with Gasteiger partial charge in [0.05, 0.1) is 12.5 Å². The van der Waals surface area contributed by atoms with Crippen molar-refractivity contribution < 1.29 is 14.1 Å². The van der Waals surface area contributed by atoms with Crippen LogP contribution < -0.4 is 0 Å². The van der Waals surface area contributed by atoms with Crippen molar-refractivity contribution in [1.29, 1.82) is 0 Å². The summed E-state index contributed by atoms with van der Waals surface area (Å²) in [6.45, 7) is 3.42. The van der Waals surface area contributed by atoms with E-state index in [1.54, 1.807) is 24.2 Å². The van der Waals surface area contributed by atoms with Gasteiger partial charge in [-0.15, -0.1) is 0 Å². The van der Waals surface area contributed by atoms with E-state index in [4.69, 9.17) is 9.26 Å². The van der Waals surface area contributed by atoms with Gasteiger partial charge in [-0.05, 0) is 19.8 Å². The maximum absolute atomic E-state index is 11.8. The Hall–Kier alpha value is -2.38. The molecule has 1 N–H and O–H groups in total. The highest BCUT2D eigenvalue weighted by molar-refractivity contribution is 5.67. The Morgan fingerprint density at radius 3 is 3.29 bits per heavy atom. The Balaban J connectivity index is 1.70. The van der Waals surface area contributed by atoms with Gasteiger partial charge in [0.15, 0.2) is 5.82 Å². The molecule has 0 bridgehead atoms. The number of ether oxygens (including phenoxy) is 1. The SMILES string of the molecule is CCOC(=O)N1CCCC(c2nc(-c3ncc[nH]3)no2)C1. The standard InChI is InChI=1S/C13H17N5O3/c1-2-20-13(19)18-7-3-4-9(8-18)12-16-11(17-21-12)10-14-5-6-15-10/h5-6,9H,2-4,7-8H2,1H3,(H,14,15). The monoisotopic (exact) mass is 291 g/mol. The molecule has 8 heteroatoms. The van der Waals surface area contributed by atoms with Crippen LogP contribution in [0.25, 0.3) is 11.6 Å². The van der Waals surface area contributed by atoms with Crippen LogP contribution in [0.5, 0.6) is 0 Å². The van der Waals surface area contributed by atoms with Crippen LogP contribution in [-0.2, 0) is 4.74 Å². The van der Waals surface area contributed by atoms with Crippen LogP contribution in [0, 0.1) is 0 Å². The number of aromatic amines is 1. The van der Waals surface area contributed by atoms with Gasteiger partial charge in [-0.25, -0.2) is 9.78 Å². The van der Waals surface area contributed by atoms with Crippen LogP contribution in [0.2, 0.25) is 0 Å². The van der Waals surface area contributed by atoms with Crippen molar-refractivity contribution in [3.05, 3.63) is 18.3 Å². The first-order valence-corrected chi connectivity index (χ1v) is 7.03.